The van der Waals surface area contributed by atoms with Crippen molar-refractivity contribution in [3.8, 4) is 11.4 Å². The lowest BCUT2D eigenvalue weighted by molar-refractivity contribution is -0.138. The lowest BCUT2D eigenvalue weighted by Crippen LogP contribution is -2.48. The summed E-state index contributed by atoms with van der Waals surface area (Å²) >= 11 is 0. The van der Waals surface area contributed by atoms with Crippen LogP contribution in [0.5, 0.6) is 0 Å². The molecule has 1 fully saturated rings. The molecule has 2 aromatic heterocycles. The third kappa shape index (κ3) is 3.49. The van der Waals surface area contributed by atoms with Gasteiger partial charge in [0.05, 0.1) is 37.6 Å². The molecule has 30 heavy (non-hydrogen) atoms. The van der Waals surface area contributed by atoms with Gasteiger partial charge in [0, 0.05) is 18.2 Å². The molecule has 1 amide bonds. The summed E-state index contributed by atoms with van der Waals surface area (Å²) in [6, 6.07) is 5.95. The number of amides is 1. The number of nitrogens with zero attached hydrogens (tertiary/aromatic N) is 4. The number of benzene rings is 1. The highest BCUT2D eigenvalue weighted by molar-refractivity contribution is 5.94. The Labute approximate surface area is 172 Å². The van der Waals surface area contributed by atoms with Crippen LogP contribution in [0.4, 0.5) is 4.39 Å². The van der Waals surface area contributed by atoms with Crippen molar-refractivity contribution in [3.05, 3.63) is 53.2 Å². The minimum atomic E-state index is -1.39. The van der Waals surface area contributed by atoms with E-state index in [1.165, 1.54) is 16.4 Å². The van der Waals surface area contributed by atoms with Crippen LogP contribution in [0.2, 0.25) is 0 Å². The number of aromatic nitrogens is 4. The first-order chi connectivity index (χ1) is 14.5. The van der Waals surface area contributed by atoms with E-state index in [2.05, 4.69) is 26.6 Å². The highest BCUT2D eigenvalue weighted by atomic mass is 19.1. The maximum atomic E-state index is 14.2. The van der Waals surface area contributed by atoms with Gasteiger partial charge in [-0.2, -0.15) is 10.1 Å². The monoisotopic (exact) mass is 411 g/mol. The molecule has 3 aromatic rings. The second-order valence-electron chi connectivity index (χ2n) is 7.91. The molecular formula is C21H22FN5O3. The largest absolute Gasteiger partial charge is 0.374 e. The van der Waals surface area contributed by atoms with Crippen molar-refractivity contribution < 1.29 is 18.4 Å². The Morgan fingerprint density at radius 1 is 1.40 bits per heavy atom. The summed E-state index contributed by atoms with van der Waals surface area (Å²) in [6.07, 6.45) is 5.42. The standard InChI is InChI=1S/C21H22FN5O3/c1-2-18-25-19(26-30-18)14-3-5-16-13(7-14)4-6-17(16)24-20(28)15-8-23-27(9-15)10-21(22)11-29-12-21/h3,5,7-9,17H,2,4,6,10-12H2,1H3,(H,24,28)/t17-/m1/s1. The number of aryl methyl sites for hydroxylation is 2. The van der Waals surface area contributed by atoms with Crippen LogP contribution >= 0.6 is 0 Å². The van der Waals surface area contributed by atoms with Gasteiger partial charge < -0.3 is 14.6 Å². The van der Waals surface area contributed by atoms with Crippen LogP contribution in [-0.4, -0.2) is 44.7 Å². The van der Waals surface area contributed by atoms with Crippen LogP contribution in [0.15, 0.2) is 35.1 Å². The Kier molecular flexibility index (Phi) is 4.62. The van der Waals surface area contributed by atoms with Crippen LogP contribution in [0.3, 0.4) is 0 Å². The van der Waals surface area contributed by atoms with Crippen molar-refractivity contribution in [1.29, 1.82) is 0 Å². The van der Waals surface area contributed by atoms with Gasteiger partial charge in [-0.05, 0) is 30.0 Å². The van der Waals surface area contributed by atoms with Crippen molar-refractivity contribution in [3.63, 3.8) is 0 Å². The quantitative estimate of drug-likeness (QED) is 0.670. The predicted octanol–water partition coefficient (Wildman–Crippen LogP) is 2.65. The van der Waals surface area contributed by atoms with Gasteiger partial charge in [-0.3, -0.25) is 9.48 Å². The van der Waals surface area contributed by atoms with Crippen LogP contribution in [0.1, 0.15) is 46.8 Å². The molecule has 1 aliphatic carbocycles. The fourth-order valence-electron chi connectivity index (χ4n) is 3.94. The fraction of sp³-hybridized carbons (Fsp3) is 0.429. The average Bonchev–Trinajstić information content (AvgIpc) is 3.46. The summed E-state index contributed by atoms with van der Waals surface area (Å²) in [4.78, 5) is 17.1. The molecule has 1 aliphatic heterocycles. The summed E-state index contributed by atoms with van der Waals surface area (Å²) in [5.41, 5.74) is 2.19. The number of halogens is 1. The molecule has 0 spiro atoms. The van der Waals surface area contributed by atoms with Crippen molar-refractivity contribution >= 4 is 5.91 Å². The smallest absolute Gasteiger partial charge is 0.254 e. The SMILES string of the molecule is CCc1nc(-c2ccc3c(c2)CC[C@H]3NC(=O)c2cnn(CC3(F)COC3)c2)no1. The second kappa shape index (κ2) is 7.32. The van der Waals surface area contributed by atoms with E-state index >= 15 is 0 Å². The Bertz CT molecular complexity index is 1090. The summed E-state index contributed by atoms with van der Waals surface area (Å²) in [5.74, 6) is 0.975. The third-order valence-corrected chi connectivity index (χ3v) is 5.62. The van der Waals surface area contributed by atoms with E-state index in [1.54, 1.807) is 6.20 Å². The van der Waals surface area contributed by atoms with E-state index < -0.39 is 5.67 Å². The van der Waals surface area contributed by atoms with Gasteiger partial charge in [-0.1, -0.05) is 24.2 Å². The number of rotatable bonds is 6. The number of nitrogens with one attached hydrogen (secondary N) is 1. The summed E-state index contributed by atoms with van der Waals surface area (Å²) in [6.45, 7) is 2.19. The van der Waals surface area contributed by atoms with E-state index in [0.717, 1.165) is 24.0 Å². The van der Waals surface area contributed by atoms with Crippen LogP contribution in [-0.2, 0) is 24.1 Å². The lowest BCUT2D eigenvalue weighted by Gasteiger charge is -2.33. The van der Waals surface area contributed by atoms with Gasteiger partial charge in [0.15, 0.2) is 5.67 Å². The van der Waals surface area contributed by atoms with E-state index in [4.69, 9.17) is 9.26 Å². The first-order valence-electron chi connectivity index (χ1n) is 10.1. The summed E-state index contributed by atoms with van der Waals surface area (Å²) in [7, 11) is 0. The number of hydrogen-bond donors (Lipinski definition) is 1. The van der Waals surface area contributed by atoms with Gasteiger partial charge in [-0.15, -0.1) is 0 Å². The Hall–Kier alpha value is -3.07. The molecule has 156 valence electrons. The molecular weight excluding hydrogens is 389 g/mol. The zero-order chi connectivity index (χ0) is 20.7. The zero-order valence-electron chi connectivity index (χ0n) is 16.6. The maximum absolute atomic E-state index is 14.2. The highest BCUT2D eigenvalue weighted by Crippen LogP contribution is 2.34. The second-order valence-corrected chi connectivity index (χ2v) is 7.91. The Balaban J connectivity index is 1.27. The molecule has 3 heterocycles. The number of alkyl halides is 1. The number of fused-ring (bicyclic) bond motifs is 1. The first kappa shape index (κ1) is 18.9. The van der Waals surface area contributed by atoms with Crippen molar-refractivity contribution in [2.45, 2.75) is 44.4 Å². The minimum absolute atomic E-state index is 0.0683. The van der Waals surface area contributed by atoms with E-state index in [-0.39, 0.29) is 31.7 Å². The maximum Gasteiger partial charge on any atom is 0.254 e. The normalized spacial score (nSPS) is 19.3. The highest BCUT2D eigenvalue weighted by Gasteiger charge is 2.39. The summed E-state index contributed by atoms with van der Waals surface area (Å²) in [5, 5.41) is 11.2. The molecule has 0 bridgehead atoms. The molecule has 1 atom stereocenters. The average molecular weight is 411 g/mol. The Morgan fingerprint density at radius 2 is 2.27 bits per heavy atom. The zero-order valence-corrected chi connectivity index (χ0v) is 16.6. The van der Waals surface area contributed by atoms with E-state index in [0.29, 0.717) is 23.7 Å². The van der Waals surface area contributed by atoms with Crippen LogP contribution < -0.4 is 5.32 Å². The van der Waals surface area contributed by atoms with Gasteiger partial charge in [0.2, 0.25) is 11.7 Å². The fourth-order valence-corrected chi connectivity index (χ4v) is 3.94. The molecule has 2 aliphatic rings. The van der Waals surface area contributed by atoms with Gasteiger partial charge in [0.25, 0.3) is 5.91 Å². The number of ether oxygens (including phenoxy) is 1. The minimum Gasteiger partial charge on any atom is -0.374 e. The van der Waals surface area contributed by atoms with Gasteiger partial charge >= 0.3 is 0 Å². The number of hydrogen-bond acceptors (Lipinski definition) is 6. The van der Waals surface area contributed by atoms with Gasteiger partial charge in [0.1, 0.15) is 0 Å². The summed E-state index contributed by atoms with van der Waals surface area (Å²) < 4.78 is 25.7. The van der Waals surface area contributed by atoms with Gasteiger partial charge in [-0.25, -0.2) is 4.39 Å². The van der Waals surface area contributed by atoms with E-state index in [9.17, 15) is 9.18 Å². The Morgan fingerprint density at radius 3 is 3.00 bits per heavy atom. The molecule has 1 saturated heterocycles. The first-order valence-corrected chi connectivity index (χ1v) is 10.1. The molecule has 8 nitrogen and oxygen atoms in total. The lowest BCUT2D eigenvalue weighted by atomic mass is 10.0. The van der Waals surface area contributed by atoms with Crippen molar-refractivity contribution in [2.75, 3.05) is 13.2 Å². The molecule has 1 aromatic carbocycles. The van der Waals surface area contributed by atoms with E-state index in [1.807, 2.05) is 19.1 Å². The predicted molar refractivity (Wildman–Crippen MR) is 105 cm³/mol. The molecule has 0 saturated carbocycles. The van der Waals surface area contributed by atoms with Crippen LogP contribution in [0.25, 0.3) is 11.4 Å². The molecule has 0 unspecified atom stereocenters. The third-order valence-electron chi connectivity index (χ3n) is 5.62. The molecule has 1 N–H and O–H groups in total. The van der Waals surface area contributed by atoms with Crippen LogP contribution in [0, 0.1) is 0 Å². The molecule has 0 radical (unpaired) electrons. The van der Waals surface area contributed by atoms with Crippen molar-refractivity contribution in [2.24, 2.45) is 0 Å². The molecule has 5 rings (SSSR count). The topological polar surface area (TPSA) is 95.1 Å². The number of carbonyl (C=O) groups is 1. The van der Waals surface area contributed by atoms with Crippen molar-refractivity contribution in [1.82, 2.24) is 25.2 Å². The number of carbonyl (C=O) groups excluding carboxylic acids is 1. The molecule has 9 heteroatoms.